The number of carbonyl (C=O) groups is 1. The molecular weight excluding hydrogens is 592 g/mol. The second-order valence-corrected chi connectivity index (χ2v) is 10.5. The van der Waals surface area contributed by atoms with Crippen LogP contribution in [0.3, 0.4) is 0 Å². The minimum atomic E-state index is -0.474. The molecule has 0 fully saturated rings. The standard InChI is InChI=1S/C35H25ClN4O5/c1-42-31-17-25-29(18-32(31)43-19-21-8-3-2-4-9-21)37-20-38-34(25)44-22-14-15-27(26(36)16-22)39-35(41)40-28-12-7-11-24-23-10-5-6-13-30(23)45-33(24)28/h2-18,20H,19H2,1H3,(H2,39,40,41). The predicted octanol–water partition coefficient (Wildman–Crippen LogP) is 9.21. The van der Waals surface area contributed by atoms with Crippen LogP contribution in [0.5, 0.6) is 23.1 Å². The molecular formula is C35H25ClN4O5. The largest absolute Gasteiger partial charge is 0.493 e. The van der Waals surface area contributed by atoms with Crippen LogP contribution in [0.15, 0.2) is 114 Å². The molecule has 5 aromatic carbocycles. The maximum absolute atomic E-state index is 12.9. The third kappa shape index (κ3) is 5.76. The molecule has 10 heteroatoms. The maximum atomic E-state index is 12.9. The van der Waals surface area contributed by atoms with Crippen molar-refractivity contribution in [3.8, 4) is 23.1 Å². The van der Waals surface area contributed by atoms with Gasteiger partial charge in [-0.1, -0.05) is 72.3 Å². The fraction of sp³-hybridized carbons (Fsp3) is 0.0571. The minimum Gasteiger partial charge on any atom is -0.493 e. The lowest BCUT2D eigenvalue weighted by atomic mass is 10.1. The zero-order valence-electron chi connectivity index (χ0n) is 23.9. The lowest BCUT2D eigenvalue weighted by molar-refractivity contribution is 0.262. The Balaban J connectivity index is 1.07. The van der Waals surface area contributed by atoms with Crippen molar-refractivity contribution < 1.29 is 23.4 Å². The highest BCUT2D eigenvalue weighted by Crippen LogP contribution is 2.38. The first-order valence-electron chi connectivity index (χ1n) is 14.0. The fourth-order valence-corrected chi connectivity index (χ4v) is 5.24. The second-order valence-electron chi connectivity index (χ2n) is 10.1. The van der Waals surface area contributed by atoms with E-state index in [1.807, 2.05) is 66.7 Å². The summed E-state index contributed by atoms with van der Waals surface area (Å²) in [6.45, 7) is 0.379. The molecule has 7 rings (SSSR count). The SMILES string of the molecule is COc1cc2c(Oc3ccc(NC(=O)Nc4cccc5c4oc4ccccc45)c(Cl)c3)ncnc2cc1OCc1ccccc1. The monoisotopic (exact) mass is 616 g/mol. The van der Waals surface area contributed by atoms with Crippen molar-refractivity contribution in [2.24, 2.45) is 0 Å². The number of urea groups is 1. The Morgan fingerprint density at radius 1 is 0.800 bits per heavy atom. The van der Waals surface area contributed by atoms with Gasteiger partial charge in [0.05, 0.1) is 34.4 Å². The van der Waals surface area contributed by atoms with Gasteiger partial charge in [-0.15, -0.1) is 0 Å². The van der Waals surface area contributed by atoms with Crippen molar-refractivity contribution >= 4 is 61.8 Å². The van der Waals surface area contributed by atoms with E-state index in [2.05, 4.69) is 20.6 Å². The van der Waals surface area contributed by atoms with E-state index in [0.717, 1.165) is 21.9 Å². The third-order valence-electron chi connectivity index (χ3n) is 7.18. The maximum Gasteiger partial charge on any atom is 0.323 e. The van der Waals surface area contributed by atoms with Crippen LogP contribution < -0.4 is 24.8 Å². The highest BCUT2D eigenvalue weighted by molar-refractivity contribution is 6.34. The molecule has 0 saturated carbocycles. The molecule has 9 nitrogen and oxygen atoms in total. The summed E-state index contributed by atoms with van der Waals surface area (Å²) >= 11 is 6.55. The molecule has 7 aromatic rings. The number of methoxy groups -OCH3 is 1. The van der Waals surface area contributed by atoms with Gasteiger partial charge in [0.25, 0.3) is 0 Å². The van der Waals surface area contributed by atoms with Gasteiger partial charge >= 0.3 is 6.03 Å². The summed E-state index contributed by atoms with van der Waals surface area (Å²) in [6, 6.07) is 31.2. The highest BCUT2D eigenvalue weighted by atomic mass is 35.5. The molecule has 0 unspecified atom stereocenters. The summed E-state index contributed by atoms with van der Waals surface area (Å²) in [7, 11) is 1.57. The van der Waals surface area contributed by atoms with Crippen LogP contribution >= 0.6 is 11.6 Å². The van der Waals surface area contributed by atoms with Crippen molar-refractivity contribution in [3.05, 3.63) is 120 Å². The number of para-hydroxylation sites is 2. The number of nitrogens with zero attached hydrogens (tertiary/aromatic N) is 2. The highest BCUT2D eigenvalue weighted by Gasteiger charge is 2.16. The number of hydrogen-bond donors (Lipinski definition) is 2. The number of benzene rings is 5. The number of carbonyl (C=O) groups excluding carboxylic acids is 1. The molecule has 0 bridgehead atoms. The summed E-state index contributed by atoms with van der Waals surface area (Å²) in [4.78, 5) is 21.7. The van der Waals surface area contributed by atoms with E-state index in [0.29, 0.717) is 57.6 Å². The summed E-state index contributed by atoms with van der Waals surface area (Å²) in [6.07, 6.45) is 1.41. The van der Waals surface area contributed by atoms with E-state index in [1.54, 1.807) is 43.5 Å². The van der Waals surface area contributed by atoms with Crippen LogP contribution in [-0.2, 0) is 6.61 Å². The Kier molecular flexibility index (Phi) is 7.51. The van der Waals surface area contributed by atoms with Gasteiger partial charge < -0.3 is 29.3 Å². The number of rotatable bonds is 8. The van der Waals surface area contributed by atoms with Crippen LogP contribution in [0.25, 0.3) is 32.8 Å². The summed E-state index contributed by atoms with van der Waals surface area (Å²) in [5.74, 6) is 1.79. The van der Waals surface area contributed by atoms with Crippen LogP contribution in [0.2, 0.25) is 5.02 Å². The van der Waals surface area contributed by atoms with Crippen LogP contribution in [-0.4, -0.2) is 23.1 Å². The molecule has 2 amide bonds. The number of aromatic nitrogens is 2. The molecule has 0 aliphatic carbocycles. The first-order valence-corrected chi connectivity index (χ1v) is 14.4. The van der Waals surface area contributed by atoms with E-state index >= 15 is 0 Å². The molecule has 0 atom stereocenters. The molecule has 0 aliphatic rings. The van der Waals surface area contributed by atoms with E-state index in [4.69, 9.17) is 30.2 Å². The molecule has 2 aromatic heterocycles. The molecule has 2 heterocycles. The normalized spacial score (nSPS) is 11.1. The number of nitrogens with one attached hydrogen (secondary N) is 2. The van der Waals surface area contributed by atoms with Crippen LogP contribution in [0.4, 0.5) is 16.2 Å². The molecule has 0 saturated heterocycles. The smallest absolute Gasteiger partial charge is 0.323 e. The van der Waals surface area contributed by atoms with Gasteiger partial charge in [0, 0.05) is 22.9 Å². The van der Waals surface area contributed by atoms with Gasteiger partial charge in [-0.25, -0.2) is 14.8 Å². The van der Waals surface area contributed by atoms with E-state index in [1.165, 1.54) is 6.33 Å². The van der Waals surface area contributed by atoms with Crippen LogP contribution in [0.1, 0.15) is 5.56 Å². The number of fused-ring (bicyclic) bond motifs is 4. The number of furan rings is 1. The Labute approximate surface area is 262 Å². The fourth-order valence-electron chi connectivity index (χ4n) is 5.02. The molecule has 222 valence electrons. The Morgan fingerprint density at radius 2 is 1.60 bits per heavy atom. The van der Waals surface area contributed by atoms with Gasteiger partial charge in [-0.05, 0) is 35.9 Å². The molecule has 0 radical (unpaired) electrons. The average molecular weight is 617 g/mol. The van der Waals surface area contributed by atoms with Gasteiger partial charge in [0.1, 0.15) is 24.3 Å². The van der Waals surface area contributed by atoms with Crippen molar-refractivity contribution in [3.63, 3.8) is 0 Å². The molecule has 0 aliphatic heterocycles. The van der Waals surface area contributed by atoms with E-state index in [9.17, 15) is 4.79 Å². The van der Waals surface area contributed by atoms with Crippen molar-refractivity contribution in [2.45, 2.75) is 6.61 Å². The average Bonchev–Trinajstić information content (AvgIpc) is 3.45. The first-order chi connectivity index (χ1) is 22.1. The zero-order valence-corrected chi connectivity index (χ0v) is 24.7. The zero-order chi connectivity index (χ0) is 30.8. The first kappa shape index (κ1) is 28.0. The Morgan fingerprint density at radius 3 is 2.44 bits per heavy atom. The number of amides is 2. The van der Waals surface area contributed by atoms with Crippen molar-refractivity contribution in [2.75, 3.05) is 17.7 Å². The molecule has 45 heavy (non-hydrogen) atoms. The summed E-state index contributed by atoms with van der Waals surface area (Å²) in [5, 5.41) is 8.43. The molecule has 0 spiro atoms. The van der Waals surface area contributed by atoms with Crippen molar-refractivity contribution in [1.82, 2.24) is 9.97 Å². The topological polar surface area (TPSA) is 108 Å². The minimum absolute atomic E-state index is 0.275. The van der Waals surface area contributed by atoms with E-state index < -0.39 is 6.03 Å². The third-order valence-corrected chi connectivity index (χ3v) is 7.49. The van der Waals surface area contributed by atoms with Crippen molar-refractivity contribution in [1.29, 1.82) is 0 Å². The lowest BCUT2D eigenvalue weighted by Gasteiger charge is -2.14. The Hall–Kier alpha value is -5.80. The van der Waals surface area contributed by atoms with Gasteiger partial charge in [-0.3, -0.25) is 0 Å². The molecule has 2 N–H and O–H groups in total. The number of ether oxygens (including phenoxy) is 3. The number of anilines is 2. The summed E-state index contributed by atoms with van der Waals surface area (Å²) in [5.41, 5.74) is 3.91. The van der Waals surface area contributed by atoms with Gasteiger partial charge in [0.15, 0.2) is 17.1 Å². The van der Waals surface area contributed by atoms with Crippen LogP contribution in [0, 0.1) is 0 Å². The van der Waals surface area contributed by atoms with Gasteiger partial charge in [-0.2, -0.15) is 0 Å². The Bertz CT molecular complexity index is 2190. The number of halogens is 1. The summed E-state index contributed by atoms with van der Waals surface area (Å²) < 4.78 is 23.7. The number of hydrogen-bond acceptors (Lipinski definition) is 7. The lowest BCUT2D eigenvalue weighted by Crippen LogP contribution is -2.19. The van der Waals surface area contributed by atoms with Gasteiger partial charge in [0.2, 0.25) is 5.88 Å². The predicted molar refractivity (Wildman–Crippen MR) is 175 cm³/mol. The second kappa shape index (κ2) is 12.1. The van der Waals surface area contributed by atoms with E-state index in [-0.39, 0.29) is 5.02 Å². The quantitative estimate of drug-likeness (QED) is 0.175.